The normalized spacial score (nSPS) is 11.2. The minimum atomic E-state index is -0.0193. The van der Waals surface area contributed by atoms with E-state index in [4.69, 9.17) is 14.2 Å². The zero-order valence-electron chi connectivity index (χ0n) is 26.2. The molecular formula is C32H28N12O3S. The van der Waals surface area contributed by atoms with Gasteiger partial charge in [-0.1, -0.05) is 15.6 Å². The highest BCUT2D eigenvalue weighted by atomic mass is 32.2. The highest BCUT2D eigenvalue weighted by Gasteiger charge is 2.15. The van der Waals surface area contributed by atoms with Gasteiger partial charge in [-0.3, -0.25) is 4.68 Å². The summed E-state index contributed by atoms with van der Waals surface area (Å²) in [5, 5.41) is 24.9. The molecule has 15 nitrogen and oxygen atoms in total. The van der Waals surface area contributed by atoms with Gasteiger partial charge in [0.25, 0.3) is 0 Å². The maximum absolute atomic E-state index is 6.04. The van der Waals surface area contributed by atoms with Crippen molar-refractivity contribution in [1.82, 2.24) is 59.3 Å². The van der Waals surface area contributed by atoms with Crippen LogP contribution >= 0.6 is 11.9 Å². The van der Waals surface area contributed by atoms with Gasteiger partial charge in [0.15, 0.2) is 0 Å². The Balaban J connectivity index is 1.13. The number of hydrogen-bond acceptors (Lipinski definition) is 13. The molecule has 0 saturated carbocycles. The van der Waals surface area contributed by atoms with Crippen molar-refractivity contribution in [1.29, 1.82) is 0 Å². The Bertz CT molecular complexity index is 2140. The molecule has 0 unspecified atom stereocenters. The summed E-state index contributed by atoms with van der Waals surface area (Å²) in [5.41, 5.74) is 4.89. The predicted octanol–water partition coefficient (Wildman–Crippen LogP) is 6.27. The van der Waals surface area contributed by atoms with Gasteiger partial charge in [0.1, 0.15) is 34.3 Å². The average molecular weight is 661 g/mol. The molecule has 16 heteroatoms. The fourth-order valence-corrected chi connectivity index (χ4v) is 4.78. The SMILES string of the molecule is CSn1cc(-c2ccc(Oc3nc(Oc4ccc(-c5cn(C)nn5)cc4)nc(Oc4ccc(-c5cn(C(C)C)nn5)cc4)n3)cc2)nn1. The molecule has 48 heavy (non-hydrogen) atoms. The molecule has 0 fully saturated rings. The van der Waals surface area contributed by atoms with E-state index in [-0.39, 0.29) is 24.1 Å². The predicted molar refractivity (Wildman–Crippen MR) is 177 cm³/mol. The topological polar surface area (TPSA) is 158 Å². The standard InChI is InChI=1S/C32H28N12O3S/c1-20(2)43-18-28(37-40-43)22-7-13-25(14-8-22)46-31-33-30(45-24-11-5-21(6-12-24)27-17-42(3)39-36-27)34-32(35-31)47-26-15-9-23(10-16-26)29-19-44(48-4)41-38-29/h5-20H,1-4H3. The van der Waals surface area contributed by atoms with E-state index in [1.807, 2.05) is 82.1 Å². The molecule has 0 aliphatic heterocycles. The Morgan fingerprint density at radius 2 is 0.958 bits per heavy atom. The molecule has 0 aliphatic carbocycles. The van der Waals surface area contributed by atoms with Crippen LogP contribution in [0.15, 0.2) is 91.4 Å². The smallest absolute Gasteiger partial charge is 0.331 e. The lowest BCUT2D eigenvalue weighted by atomic mass is 10.1. The lowest BCUT2D eigenvalue weighted by Crippen LogP contribution is -2.01. The van der Waals surface area contributed by atoms with Gasteiger partial charge in [-0.15, -0.1) is 30.2 Å². The highest BCUT2D eigenvalue weighted by molar-refractivity contribution is 7.97. The molecule has 4 aromatic heterocycles. The molecule has 0 saturated heterocycles. The molecule has 0 bridgehead atoms. The van der Waals surface area contributed by atoms with Crippen LogP contribution in [0.4, 0.5) is 0 Å². The van der Waals surface area contributed by atoms with E-state index in [2.05, 4.69) is 45.9 Å². The Morgan fingerprint density at radius 3 is 1.33 bits per heavy atom. The quantitative estimate of drug-likeness (QED) is 0.153. The largest absolute Gasteiger partial charge is 0.424 e. The molecule has 4 heterocycles. The highest BCUT2D eigenvalue weighted by Crippen LogP contribution is 2.30. The van der Waals surface area contributed by atoms with Crippen LogP contribution in [0.2, 0.25) is 0 Å². The molecule has 7 aromatic rings. The van der Waals surface area contributed by atoms with Gasteiger partial charge < -0.3 is 14.2 Å². The van der Waals surface area contributed by atoms with Crippen molar-refractivity contribution in [3.63, 3.8) is 0 Å². The third-order valence-electron chi connectivity index (χ3n) is 6.95. The number of benzene rings is 3. The first-order chi connectivity index (χ1) is 23.4. The zero-order valence-corrected chi connectivity index (χ0v) is 27.1. The fourth-order valence-electron chi connectivity index (χ4n) is 4.47. The lowest BCUT2D eigenvalue weighted by Gasteiger charge is -2.10. The van der Waals surface area contributed by atoms with E-state index < -0.39 is 0 Å². The van der Waals surface area contributed by atoms with Crippen molar-refractivity contribution >= 4 is 11.9 Å². The van der Waals surface area contributed by atoms with Gasteiger partial charge in [0.05, 0.1) is 18.6 Å². The first-order valence-corrected chi connectivity index (χ1v) is 15.9. The molecule has 0 amide bonds. The van der Waals surface area contributed by atoms with Crippen LogP contribution in [-0.2, 0) is 7.05 Å². The summed E-state index contributed by atoms with van der Waals surface area (Å²) < 4.78 is 23.2. The number of ether oxygens (including phenoxy) is 3. The van der Waals surface area contributed by atoms with E-state index in [0.717, 1.165) is 33.8 Å². The summed E-state index contributed by atoms with van der Waals surface area (Å²) in [6.45, 7) is 4.09. The summed E-state index contributed by atoms with van der Waals surface area (Å²) in [5.74, 6) is 1.48. The van der Waals surface area contributed by atoms with Crippen molar-refractivity contribution in [2.75, 3.05) is 6.26 Å². The number of nitrogens with zero attached hydrogens (tertiary/aromatic N) is 12. The zero-order chi connectivity index (χ0) is 33.0. The van der Waals surface area contributed by atoms with E-state index >= 15 is 0 Å². The Labute approximate surface area is 278 Å². The van der Waals surface area contributed by atoms with Crippen LogP contribution in [0.25, 0.3) is 33.8 Å². The van der Waals surface area contributed by atoms with Crippen LogP contribution in [-0.4, -0.2) is 65.6 Å². The van der Waals surface area contributed by atoms with Gasteiger partial charge in [-0.2, -0.15) is 4.09 Å². The fraction of sp³-hybridized carbons (Fsp3) is 0.156. The minimum Gasteiger partial charge on any atom is -0.424 e. The second-order valence-corrected chi connectivity index (χ2v) is 11.4. The van der Waals surface area contributed by atoms with Crippen LogP contribution in [0, 0.1) is 0 Å². The minimum absolute atomic E-state index is 0.0185. The maximum atomic E-state index is 6.04. The summed E-state index contributed by atoms with van der Waals surface area (Å²) in [4.78, 5) is 13.2. The number of aromatic nitrogens is 12. The van der Waals surface area contributed by atoms with Gasteiger partial charge >= 0.3 is 18.0 Å². The van der Waals surface area contributed by atoms with Crippen LogP contribution in [0.3, 0.4) is 0 Å². The van der Waals surface area contributed by atoms with Gasteiger partial charge in [0, 0.05) is 36.0 Å². The first-order valence-electron chi connectivity index (χ1n) is 14.7. The summed E-state index contributed by atoms with van der Waals surface area (Å²) in [6, 6.07) is 22.2. The van der Waals surface area contributed by atoms with Crippen molar-refractivity contribution < 1.29 is 14.2 Å². The van der Waals surface area contributed by atoms with Crippen LogP contribution in [0.1, 0.15) is 19.9 Å². The van der Waals surface area contributed by atoms with Crippen LogP contribution in [0.5, 0.6) is 35.3 Å². The monoisotopic (exact) mass is 660 g/mol. The van der Waals surface area contributed by atoms with E-state index in [1.54, 1.807) is 49.8 Å². The molecule has 0 N–H and O–H groups in total. The average Bonchev–Trinajstić information content (AvgIpc) is 3.88. The number of hydrogen-bond donors (Lipinski definition) is 0. The second-order valence-electron chi connectivity index (χ2n) is 10.7. The Morgan fingerprint density at radius 1 is 0.542 bits per heavy atom. The summed E-state index contributed by atoms with van der Waals surface area (Å²) in [6.07, 6.45) is 7.50. The maximum Gasteiger partial charge on any atom is 0.331 e. The van der Waals surface area contributed by atoms with Crippen molar-refractivity contribution in [2.45, 2.75) is 19.9 Å². The number of aryl methyl sites for hydroxylation is 1. The Hall–Kier alpha value is -6.16. The third-order valence-corrected chi connectivity index (χ3v) is 7.51. The molecule has 0 radical (unpaired) electrons. The van der Waals surface area contributed by atoms with Gasteiger partial charge in [-0.25, -0.2) is 4.68 Å². The molecule has 240 valence electrons. The molecular weight excluding hydrogens is 632 g/mol. The van der Waals surface area contributed by atoms with E-state index in [9.17, 15) is 0 Å². The van der Waals surface area contributed by atoms with Gasteiger partial charge in [0.2, 0.25) is 0 Å². The summed E-state index contributed by atoms with van der Waals surface area (Å²) >= 11 is 1.45. The van der Waals surface area contributed by atoms with E-state index in [1.165, 1.54) is 11.9 Å². The molecule has 0 atom stereocenters. The van der Waals surface area contributed by atoms with Gasteiger partial charge in [-0.05, 0) is 98.6 Å². The van der Waals surface area contributed by atoms with Crippen molar-refractivity contribution in [2.24, 2.45) is 7.05 Å². The van der Waals surface area contributed by atoms with Crippen molar-refractivity contribution in [3.05, 3.63) is 91.4 Å². The van der Waals surface area contributed by atoms with E-state index in [0.29, 0.717) is 17.2 Å². The molecule has 3 aromatic carbocycles. The number of rotatable bonds is 11. The third kappa shape index (κ3) is 6.97. The Kier molecular flexibility index (Phi) is 8.44. The lowest BCUT2D eigenvalue weighted by molar-refractivity contribution is 0.362. The van der Waals surface area contributed by atoms with Crippen molar-refractivity contribution in [3.8, 4) is 69.1 Å². The summed E-state index contributed by atoms with van der Waals surface area (Å²) in [7, 11) is 1.81. The molecule has 0 aliphatic rings. The van der Waals surface area contributed by atoms with Crippen LogP contribution < -0.4 is 14.2 Å². The first kappa shape index (κ1) is 30.5. The second kappa shape index (κ2) is 13.3. The molecule has 7 rings (SSSR count). The molecule has 0 spiro atoms.